The largest absolute Gasteiger partial charge is 0.324 e. The van der Waals surface area contributed by atoms with Crippen molar-refractivity contribution in [3.8, 4) is 0 Å². The number of anilines is 1. The van der Waals surface area contributed by atoms with Crippen LogP contribution in [-0.2, 0) is 9.59 Å². The molecule has 0 aromatic heterocycles. The molecule has 0 bridgehead atoms. The molecule has 0 radical (unpaired) electrons. The maximum Gasteiger partial charge on any atom is 0.244 e. The second kappa shape index (κ2) is 5.60. The molecule has 0 fully saturated rings. The molecular weight excluding hydrogens is 283 g/mol. The van der Waals surface area contributed by atoms with E-state index in [4.69, 9.17) is 0 Å². The van der Waals surface area contributed by atoms with E-state index in [1.54, 1.807) is 0 Å². The highest BCUT2D eigenvalue weighted by Crippen LogP contribution is 2.36. The fourth-order valence-electron chi connectivity index (χ4n) is 2.77. The highest BCUT2D eigenvalue weighted by atomic mass is 19.1. The summed E-state index contributed by atoms with van der Waals surface area (Å²) in [5.41, 5.74) is 1.94. The highest BCUT2D eigenvalue weighted by molar-refractivity contribution is 5.96. The first kappa shape index (κ1) is 14.3. The van der Waals surface area contributed by atoms with Crippen LogP contribution in [0.2, 0.25) is 0 Å². The summed E-state index contributed by atoms with van der Waals surface area (Å²) in [6.45, 7) is 1.35. The van der Waals surface area contributed by atoms with Crippen LogP contribution in [0.4, 0.5) is 10.1 Å². The molecule has 2 amide bonds. The second-order valence-corrected chi connectivity index (χ2v) is 5.24. The Morgan fingerprint density at radius 1 is 1.23 bits per heavy atom. The molecule has 0 saturated heterocycles. The van der Waals surface area contributed by atoms with Crippen molar-refractivity contribution >= 4 is 17.5 Å². The number of hydrogen-bond donors (Lipinski definition) is 1. The minimum absolute atomic E-state index is 0.0643. The predicted octanol–water partition coefficient (Wildman–Crippen LogP) is 2.72. The number of halogens is 1. The van der Waals surface area contributed by atoms with Gasteiger partial charge in [-0.1, -0.05) is 30.3 Å². The number of nitrogens with one attached hydrogen (secondary N) is 1. The van der Waals surface area contributed by atoms with E-state index < -0.39 is 11.9 Å². The van der Waals surface area contributed by atoms with Gasteiger partial charge in [0.25, 0.3) is 0 Å². The average Bonchev–Trinajstić information content (AvgIpc) is 2.64. The molecule has 3 rings (SSSR count). The summed E-state index contributed by atoms with van der Waals surface area (Å²) in [6.07, 6.45) is 0. The minimum Gasteiger partial charge on any atom is -0.324 e. The predicted molar refractivity (Wildman–Crippen MR) is 80.7 cm³/mol. The maximum absolute atomic E-state index is 13.7. The minimum atomic E-state index is -0.497. The molecule has 0 aliphatic carbocycles. The normalized spacial score (nSPS) is 17.5. The van der Waals surface area contributed by atoms with Gasteiger partial charge in [0.05, 0.1) is 6.04 Å². The van der Waals surface area contributed by atoms with Crippen LogP contribution in [0.3, 0.4) is 0 Å². The summed E-state index contributed by atoms with van der Waals surface area (Å²) in [4.78, 5) is 25.5. The molecule has 5 heteroatoms. The van der Waals surface area contributed by atoms with E-state index in [2.05, 4.69) is 5.32 Å². The van der Waals surface area contributed by atoms with Crippen LogP contribution in [0.15, 0.2) is 48.5 Å². The number of nitrogens with zero attached hydrogens (tertiary/aromatic N) is 1. The summed E-state index contributed by atoms with van der Waals surface area (Å²) in [7, 11) is 0. The Kier molecular flexibility index (Phi) is 3.63. The van der Waals surface area contributed by atoms with E-state index in [1.807, 2.05) is 30.3 Å². The lowest BCUT2D eigenvalue weighted by Gasteiger charge is -2.29. The van der Waals surface area contributed by atoms with Crippen molar-refractivity contribution in [3.05, 3.63) is 65.5 Å². The van der Waals surface area contributed by atoms with E-state index in [1.165, 1.54) is 30.0 Å². The van der Waals surface area contributed by atoms with Gasteiger partial charge >= 0.3 is 0 Å². The summed E-state index contributed by atoms with van der Waals surface area (Å²) in [5.74, 6) is -0.929. The Morgan fingerprint density at radius 2 is 1.95 bits per heavy atom. The topological polar surface area (TPSA) is 49.4 Å². The van der Waals surface area contributed by atoms with Gasteiger partial charge in [0.2, 0.25) is 11.8 Å². The van der Waals surface area contributed by atoms with Crippen molar-refractivity contribution in [1.29, 1.82) is 0 Å². The lowest BCUT2D eigenvalue weighted by molar-refractivity contribution is -0.134. The smallest absolute Gasteiger partial charge is 0.244 e. The van der Waals surface area contributed by atoms with Crippen LogP contribution in [0.1, 0.15) is 24.1 Å². The number of carbonyl (C=O) groups excluding carboxylic acids is 2. The molecular formula is C17H15FN2O2. The average molecular weight is 298 g/mol. The Balaban J connectivity index is 2.22. The number of amides is 2. The van der Waals surface area contributed by atoms with Gasteiger partial charge in [0, 0.05) is 18.2 Å². The van der Waals surface area contributed by atoms with Crippen LogP contribution < -0.4 is 5.32 Å². The molecule has 0 saturated carbocycles. The van der Waals surface area contributed by atoms with Crippen LogP contribution in [0, 0.1) is 5.82 Å². The fraction of sp³-hybridized carbons (Fsp3) is 0.176. The summed E-state index contributed by atoms with van der Waals surface area (Å²) >= 11 is 0. The zero-order valence-corrected chi connectivity index (χ0v) is 12.0. The Morgan fingerprint density at radius 3 is 2.64 bits per heavy atom. The van der Waals surface area contributed by atoms with Gasteiger partial charge in [-0.3, -0.25) is 9.59 Å². The third-order valence-corrected chi connectivity index (χ3v) is 3.73. The van der Waals surface area contributed by atoms with Crippen LogP contribution in [0.25, 0.3) is 0 Å². The molecule has 2 aromatic rings. The standard InChI is InChI=1S/C17H15FN2O2/c1-11(21)20-10-16(22)19-15-8-7-13(18)9-14(15)17(20)12-5-3-2-4-6-12/h2-9,17H,10H2,1H3,(H,19,22)/t17-/m0/s1. The number of carbonyl (C=O) groups is 2. The van der Waals surface area contributed by atoms with Gasteiger partial charge in [-0.15, -0.1) is 0 Å². The van der Waals surface area contributed by atoms with Crippen molar-refractivity contribution < 1.29 is 14.0 Å². The third-order valence-electron chi connectivity index (χ3n) is 3.73. The van der Waals surface area contributed by atoms with Crippen molar-refractivity contribution in [2.45, 2.75) is 13.0 Å². The Bertz CT molecular complexity index is 731. The van der Waals surface area contributed by atoms with Gasteiger partial charge in [0.15, 0.2) is 0 Å². The molecule has 1 aliphatic heterocycles. The molecule has 2 aromatic carbocycles. The molecule has 0 spiro atoms. The number of fused-ring (bicyclic) bond motifs is 1. The third kappa shape index (κ3) is 2.57. The lowest BCUT2D eigenvalue weighted by Crippen LogP contribution is -2.37. The van der Waals surface area contributed by atoms with E-state index in [0.717, 1.165) is 5.56 Å². The van der Waals surface area contributed by atoms with Gasteiger partial charge < -0.3 is 10.2 Å². The monoisotopic (exact) mass is 298 g/mol. The number of benzene rings is 2. The Labute approximate surface area is 127 Å². The summed E-state index contributed by atoms with van der Waals surface area (Å²) < 4.78 is 13.7. The quantitative estimate of drug-likeness (QED) is 0.880. The molecule has 1 atom stereocenters. The summed E-state index contributed by atoms with van der Waals surface area (Å²) in [6, 6.07) is 13.0. The second-order valence-electron chi connectivity index (χ2n) is 5.24. The Hall–Kier alpha value is -2.69. The maximum atomic E-state index is 13.7. The first-order chi connectivity index (χ1) is 10.6. The molecule has 0 unspecified atom stereocenters. The van der Waals surface area contributed by atoms with Crippen molar-refractivity contribution in [1.82, 2.24) is 4.90 Å². The first-order valence-electron chi connectivity index (χ1n) is 6.97. The van der Waals surface area contributed by atoms with Crippen molar-refractivity contribution in [2.75, 3.05) is 11.9 Å². The van der Waals surface area contributed by atoms with Crippen molar-refractivity contribution in [2.24, 2.45) is 0 Å². The number of rotatable bonds is 1. The van der Waals surface area contributed by atoms with Crippen LogP contribution in [-0.4, -0.2) is 23.3 Å². The van der Waals surface area contributed by atoms with Gasteiger partial charge in [-0.05, 0) is 23.8 Å². The molecule has 4 nitrogen and oxygen atoms in total. The number of hydrogen-bond acceptors (Lipinski definition) is 2. The molecule has 1 N–H and O–H groups in total. The molecule has 112 valence electrons. The van der Waals surface area contributed by atoms with E-state index in [9.17, 15) is 14.0 Å². The van der Waals surface area contributed by atoms with Gasteiger partial charge in [0.1, 0.15) is 12.4 Å². The molecule has 1 aliphatic rings. The highest BCUT2D eigenvalue weighted by Gasteiger charge is 2.31. The van der Waals surface area contributed by atoms with Crippen LogP contribution in [0.5, 0.6) is 0 Å². The molecule has 1 heterocycles. The van der Waals surface area contributed by atoms with E-state index in [0.29, 0.717) is 11.3 Å². The lowest BCUT2D eigenvalue weighted by atomic mass is 9.96. The zero-order valence-electron chi connectivity index (χ0n) is 12.0. The SMILES string of the molecule is CC(=O)N1CC(=O)Nc2ccc(F)cc2[C@@H]1c1ccccc1. The van der Waals surface area contributed by atoms with Gasteiger partial charge in [-0.25, -0.2) is 4.39 Å². The van der Waals surface area contributed by atoms with Crippen molar-refractivity contribution in [3.63, 3.8) is 0 Å². The van der Waals surface area contributed by atoms with E-state index >= 15 is 0 Å². The van der Waals surface area contributed by atoms with Gasteiger partial charge in [-0.2, -0.15) is 0 Å². The van der Waals surface area contributed by atoms with Crippen LogP contribution >= 0.6 is 0 Å². The first-order valence-corrected chi connectivity index (χ1v) is 6.97. The fourth-order valence-corrected chi connectivity index (χ4v) is 2.77. The van der Waals surface area contributed by atoms with E-state index in [-0.39, 0.29) is 18.4 Å². The summed E-state index contributed by atoms with van der Waals surface area (Å²) in [5, 5.41) is 2.73. The zero-order chi connectivity index (χ0) is 15.7. The molecule has 22 heavy (non-hydrogen) atoms.